The Bertz CT molecular complexity index is 812. The fraction of sp³-hybridized carbons (Fsp3) is 0.545. The lowest BCUT2D eigenvalue weighted by molar-refractivity contribution is -0.127. The van der Waals surface area contributed by atoms with Gasteiger partial charge in [-0.3, -0.25) is 4.79 Å². The van der Waals surface area contributed by atoms with E-state index in [1.165, 1.54) is 37.8 Å². The number of rotatable bonds is 7. The highest BCUT2D eigenvalue weighted by molar-refractivity contribution is 7.99. The van der Waals surface area contributed by atoms with Crippen molar-refractivity contribution in [1.29, 1.82) is 0 Å². The molecule has 2 aromatic rings. The SMILES string of the molecule is COc1cccc(CN(C)C(=O)CSc2nc(C)c(C)n2C2CCCCC2)c1. The summed E-state index contributed by atoms with van der Waals surface area (Å²) in [5.74, 6) is 1.33. The number of amides is 1. The quantitative estimate of drug-likeness (QED) is 0.627. The zero-order valence-corrected chi connectivity index (χ0v) is 18.2. The molecular formula is C22H31N3O2S. The molecule has 1 amide bonds. The second-order valence-electron chi connectivity index (χ2n) is 7.62. The lowest BCUT2D eigenvalue weighted by Gasteiger charge is -2.26. The van der Waals surface area contributed by atoms with Gasteiger partial charge < -0.3 is 14.2 Å². The van der Waals surface area contributed by atoms with Crippen LogP contribution in [0.25, 0.3) is 0 Å². The smallest absolute Gasteiger partial charge is 0.233 e. The van der Waals surface area contributed by atoms with E-state index in [0.29, 0.717) is 18.3 Å². The van der Waals surface area contributed by atoms with Gasteiger partial charge in [-0.2, -0.15) is 0 Å². The molecule has 0 aliphatic heterocycles. The summed E-state index contributed by atoms with van der Waals surface area (Å²) in [6, 6.07) is 8.38. The summed E-state index contributed by atoms with van der Waals surface area (Å²) in [4.78, 5) is 19.2. The van der Waals surface area contributed by atoms with Gasteiger partial charge in [-0.15, -0.1) is 0 Å². The van der Waals surface area contributed by atoms with Crippen LogP contribution in [0, 0.1) is 13.8 Å². The summed E-state index contributed by atoms with van der Waals surface area (Å²) in [6.07, 6.45) is 6.34. The van der Waals surface area contributed by atoms with Gasteiger partial charge in [-0.25, -0.2) is 4.98 Å². The lowest BCUT2D eigenvalue weighted by atomic mass is 9.95. The Morgan fingerprint density at radius 2 is 2.04 bits per heavy atom. The molecule has 0 radical (unpaired) electrons. The zero-order chi connectivity index (χ0) is 20.1. The third-order valence-electron chi connectivity index (χ3n) is 5.60. The molecule has 0 unspecified atom stereocenters. The van der Waals surface area contributed by atoms with Crippen molar-refractivity contribution in [3.8, 4) is 5.75 Å². The van der Waals surface area contributed by atoms with Crippen molar-refractivity contribution in [2.75, 3.05) is 19.9 Å². The summed E-state index contributed by atoms with van der Waals surface area (Å²) >= 11 is 1.57. The first-order valence-electron chi connectivity index (χ1n) is 10.0. The Balaban J connectivity index is 1.63. The molecule has 0 atom stereocenters. The molecule has 5 nitrogen and oxygen atoms in total. The summed E-state index contributed by atoms with van der Waals surface area (Å²) < 4.78 is 7.65. The van der Waals surface area contributed by atoms with E-state index in [1.54, 1.807) is 23.8 Å². The minimum atomic E-state index is 0.112. The van der Waals surface area contributed by atoms with E-state index < -0.39 is 0 Å². The van der Waals surface area contributed by atoms with E-state index >= 15 is 0 Å². The highest BCUT2D eigenvalue weighted by Crippen LogP contribution is 2.34. The second kappa shape index (κ2) is 9.50. The third-order valence-corrected chi connectivity index (χ3v) is 6.54. The molecule has 1 heterocycles. The fourth-order valence-corrected chi connectivity index (χ4v) is 4.94. The van der Waals surface area contributed by atoms with Crippen LogP contribution in [0.4, 0.5) is 0 Å². The van der Waals surface area contributed by atoms with Crippen molar-refractivity contribution in [3.63, 3.8) is 0 Å². The normalized spacial score (nSPS) is 14.9. The maximum absolute atomic E-state index is 12.7. The van der Waals surface area contributed by atoms with Gasteiger partial charge in [0.1, 0.15) is 5.75 Å². The first kappa shape index (κ1) is 20.8. The molecule has 0 bridgehead atoms. The molecule has 152 valence electrons. The minimum absolute atomic E-state index is 0.112. The van der Waals surface area contributed by atoms with E-state index in [0.717, 1.165) is 22.2 Å². The molecule has 28 heavy (non-hydrogen) atoms. The standard InChI is InChI=1S/C22H31N3O2S/c1-16-17(2)25(19-10-6-5-7-11-19)22(23-16)28-15-21(26)24(3)14-18-9-8-12-20(13-18)27-4/h8-9,12-13,19H,5-7,10-11,14-15H2,1-4H3. The first-order chi connectivity index (χ1) is 13.5. The van der Waals surface area contributed by atoms with Gasteiger partial charge in [0.05, 0.1) is 18.6 Å². The Hall–Kier alpha value is -1.95. The van der Waals surface area contributed by atoms with Crippen LogP contribution in [0.5, 0.6) is 5.75 Å². The first-order valence-corrected chi connectivity index (χ1v) is 11.0. The molecule has 1 aliphatic carbocycles. The molecule has 1 fully saturated rings. The number of aryl methyl sites for hydroxylation is 1. The summed E-state index contributed by atoms with van der Waals surface area (Å²) in [5.41, 5.74) is 3.38. The highest BCUT2D eigenvalue weighted by atomic mass is 32.2. The largest absolute Gasteiger partial charge is 0.497 e. The number of ether oxygens (including phenoxy) is 1. The minimum Gasteiger partial charge on any atom is -0.497 e. The van der Waals surface area contributed by atoms with E-state index in [2.05, 4.69) is 18.4 Å². The van der Waals surface area contributed by atoms with Gasteiger partial charge in [0.25, 0.3) is 0 Å². The van der Waals surface area contributed by atoms with Crippen LogP contribution in [0.15, 0.2) is 29.4 Å². The summed E-state index contributed by atoms with van der Waals surface area (Å²) in [7, 11) is 3.51. The van der Waals surface area contributed by atoms with Crippen molar-refractivity contribution in [1.82, 2.24) is 14.5 Å². The van der Waals surface area contributed by atoms with Crippen LogP contribution >= 0.6 is 11.8 Å². The molecule has 1 aromatic carbocycles. The summed E-state index contributed by atoms with van der Waals surface area (Å²) in [6.45, 7) is 4.79. The number of hydrogen-bond acceptors (Lipinski definition) is 4. The van der Waals surface area contributed by atoms with E-state index in [1.807, 2.05) is 31.3 Å². The van der Waals surface area contributed by atoms with Crippen LogP contribution in [-0.4, -0.2) is 40.3 Å². The number of aromatic nitrogens is 2. The van der Waals surface area contributed by atoms with Crippen LogP contribution in [0.3, 0.4) is 0 Å². The molecule has 0 N–H and O–H groups in total. The average Bonchev–Trinajstić information content (AvgIpc) is 3.00. The molecular weight excluding hydrogens is 370 g/mol. The average molecular weight is 402 g/mol. The number of nitrogens with zero attached hydrogens (tertiary/aromatic N) is 3. The predicted octanol–water partition coefficient (Wildman–Crippen LogP) is 4.76. The van der Waals surface area contributed by atoms with E-state index in [-0.39, 0.29) is 5.91 Å². The van der Waals surface area contributed by atoms with Crippen LogP contribution in [0.1, 0.15) is 55.1 Å². The van der Waals surface area contributed by atoms with Gasteiger partial charge in [0.2, 0.25) is 5.91 Å². The number of methoxy groups -OCH3 is 1. The van der Waals surface area contributed by atoms with Crippen molar-refractivity contribution >= 4 is 17.7 Å². The topological polar surface area (TPSA) is 47.4 Å². The molecule has 1 aromatic heterocycles. The van der Waals surface area contributed by atoms with E-state index in [4.69, 9.17) is 9.72 Å². The third kappa shape index (κ3) is 4.90. The maximum atomic E-state index is 12.7. The maximum Gasteiger partial charge on any atom is 0.233 e. The number of hydrogen-bond donors (Lipinski definition) is 0. The van der Waals surface area contributed by atoms with Gasteiger partial charge in [-0.1, -0.05) is 43.2 Å². The molecule has 3 rings (SSSR count). The number of carbonyl (C=O) groups is 1. The highest BCUT2D eigenvalue weighted by Gasteiger charge is 2.23. The number of carbonyl (C=O) groups excluding carboxylic acids is 1. The number of thioether (sulfide) groups is 1. The van der Waals surface area contributed by atoms with Crippen LogP contribution in [0.2, 0.25) is 0 Å². The zero-order valence-electron chi connectivity index (χ0n) is 17.4. The molecule has 0 saturated heterocycles. The Morgan fingerprint density at radius 3 is 2.75 bits per heavy atom. The van der Waals surface area contributed by atoms with Crippen molar-refractivity contribution < 1.29 is 9.53 Å². The van der Waals surface area contributed by atoms with Crippen molar-refractivity contribution in [3.05, 3.63) is 41.2 Å². The summed E-state index contributed by atoms with van der Waals surface area (Å²) in [5, 5.41) is 0.991. The Morgan fingerprint density at radius 1 is 1.29 bits per heavy atom. The fourth-order valence-electron chi connectivity index (χ4n) is 3.84. The monoisotopic (exact) mass is 401 g/mol. The molecule has 1 saturated carbocycles. The van der Waals surface area contributed by atoms with Gasteiger partial charge >= 0.3 is 0 Å². The van der Waals surface area contributed by atoms with Crippen LogP contribution < -0.4 is 4.74 Å². The van der Waals surface area contributed by atoms with Gasteiger partial charge in [0.15, 0.2) is 5.16 Å². The van der Waals surface area contributed by atoms with Gasteiger partial charge in [-0.05, 0) is 44.4 Å². The Labute approximate surface area is 172 Å². The lowest BCUT2D eigenvalue weighted by Crippen LogP contribution is -2.28. The van der Waals surface area contributed by atoms with Crippen molar-refractivity contribution in [2.45, 2.75) is 63.7 Å². The molecule has 6 heteroatoms. The molecule has 0 spiro atoms. The Kier molecular flexibility index (Phi) is 7.05. The van der Waals surface area contributed by atoms with E-state index in [9.17, 15) is 4.79 Å². The predicted molar refractivity (Wildman–Crippen MR) is 114 cm³/mol. The van der Waals surface area contributed by atoms with Gasteiger partial charge in [0, 0.05) is 25.3 Å². The van der Waals surface area contributed by atoms with Crippen molar-refractivity contribution in [2.24, 2.45) is 0 Å². The number of imidazole rings is 1. The second-order valence-corrected chi connectivity index (χ2v) is 8.56. The number of benzene rings is 1. The van der Waals surface area contributed by atoms with Crippen LogP contribution in [-0.2, 0) is 11.3 Å². The molecule has 1 aliphatic rings.